The van der Waals surface area contributed by atoms with Crippen molar-refractivity contribution in [2.45, 2.75) is 79.1 Å². The second kappa shape index (κ2) is 15.8. The fraction of sp³-hybridized carbons (Fsp3) is 0.643. The van der Waals surface area contributed by atoms with Gasteiger partial charge in [-0.25, -0.2) is 14.4 Å². The van der Waals surface area contributed by atoms with Gasteiger partial charge in [0.25, 0.3) is 0 Å². The lowest BCUT2D eigenvalue weighted by Gasteiger charge is -2.21. The molecule has 0 radical (unpaired) electrons. The summed E-state index contributed by atoms with van der Waals surface area (Å²) in [7, 11) is 0. The van der Waals surface area contributed by atoms with Crippen molar-refractivity contribution in [1.82, 2.24) is 16.0 Å². The molecular weight excluding hydrogens is 538 g/mol. The summed E-state index contributed by atoms with van der Waals surface area (Å²) in [4.78, 5) is 47.4. The second-order valence-electron chi connectivity index (χ2n) is 11.8. The number of ether oxygens (including phenoxy) is 6. The fourth-order valence-corrected chi connectivity index (χ4v) is 2.90. The van der Waals surface area contributed by atoms with Crippen LogP contribution in [0.1, 0.15) is 72.7 Å². The number of nitrogens with one attached hydrogen (secondary N) is 3. The standard InChI is InChI=1S/C28H45N3O10/c1-26(2,3)39-23(33)29-10-13-36-20-16-19(18-32)17-21(37-14-11-30-24(34)40-27(4,5)6)22(20)38-15-12-31-25(35)41-28(7,8)9/h16-18H,10-15H2,1-9H3,(H,29,33)(H,30,34)(H,31,35). The maximum atomic E-state index is 12.0. The summed E-state index contributed by atoms with van der Waals surface area (Å²) < 4.78 is 33.1. The van der Waals surface area contributed by atoms with Crippen LogP contribution in [0.2, 0.25) is 0 Å². The van der Waals surface area contributed by atoms with Gasteiger partial charge < -0.3 is 44.4 Å². The molecular formula is C28H45N3O10. The Balaban J connectivity index is 2.94. The molecule has 13 nitrogen and oxygen atoms in total. The third-order valence-corrected chi connectivity index (χ3v) is 4.25. The average Bonchev–Trinajstić information content (AvgIpc) is 2.79. The molecule has 0 spiro atoms. The van der Waals surface area contributed by atoms with E-state index in [1.54, 1.807) is 62.3 Å². The second-order valence-corrected chi connectivity index (χ2v) is 11.8. The van der Waals surface area contributed by atoms with E-state index in [0.717, 1.165) is 0 Å². The van der Waals surface area contributed by atoms with E-state index in [1.165, 1.54) is 12.1 Å². The first-order valence-electron chi connectivity index (χ1n) is 13.3. The van der Waals surface area contributed by atoms with E-state index in [-0.39, 0.29) is 62.3 Å². The van der Waals surface area contributed by atoms with Crippen molar-refractivity contribution in [3.8, 4) is 17.2 Å². The lowest BCUT2D eigenvalue weighted by molar-refractivity contribution is 0.0505. The average molecular weight is 584 g/mol. The highest BCUT2D eigenvalue weighted by Crippen LogP contribution is 2.38. The lowest BCUT2D eigenvalue weighted by atomic mass is 10.2. The van der Waals surface area contributed by atoms with Gasteiger partial charge >= 0.3 is 18.3 Å². The van der Waals surface area contributed by atoms with Crippen LogP contribution in [-0.2, 0) is 14.2 Å². The molecule has 0 aromatic heterocycles. The first kappa shape index (κ1) is 35.1. The zero-order valence-electron chi connectivity index (χ0n) is 25.6. The van der Waals surface area contributed by atoms with Crippen molar-refractivity contribution in [1.29, 1.82) is 0 Å². The van der Waals surface area contributed by atoms with Crippen molar-refractivity contribution >= 4 is 24.6 Å². The van der Waals surface area contributed by atoms with E-state index in [9.17, 15) is 19.2 Å². The summed E-state index contributed by atoms with van der Waals surface area (Å²) in [5, 5.41) is 7.76. The van der Waals surface area contributed by atoms with Crippen molar-refractivity contribution in [2.24, 2.45) is 0 Å². The maximum Gasteiger partial charge on any atom is 0.407 e. The molecule has 0 heterocycles. The number of carbonyl (C=O) groups is 4. The van der Waals surface area contributed by atoms with Crippen LogP contribution in [0.5, 0.6) is 17.2 Å². The van der Waals surface area contributed by atoms with E-state index >= 15 is 0 Å². The fourth-order valence-electron chi connectivity index (χ4n) is 2.90. The molecule has 13 heteroatoms. The largest absolute Gasteiger partial charge is 0.488 e. The topological polar surface area (TPSA) is 160 Å². The Morgan fingerprint density at radius 1 is 0.610 bits per heavy atom. The number of aldehydes is 1. The van der Waals surface area contributed by atoms with Gasteiger partial charge in [-0.2, -0.15) is 0 Å². The van der Waals surface area contributed by atoms with Crippen LogP contribution in [0.4, 0.5) is 14.4 Å². The quantitative estimate of drug-likeness (QED) is 0.174. The number of amides is 3. The van der Waals surface area contributed by atoms with Crippen LogP contribution in [0.15, 0.2) is 12.1 Å². The Labute approximate surface area is 241 Å². The van der Waals surface area contributed by atoms with Gasteiger partial charge in [-0.05, 0) is 74.4 Å². The summed E-state index contributed by atoms with van der Waals surface area (Å²) in [5.74, 6) is 0.511. The third kappa shape index (κ3) is 16.7. The zero-order valence-corrected chi connectivity index (χ0v) is 25.6. The molecule has 0 saturated heterocycles. The molecule has 0 atom stereocenters. The van der Waals surface area contributed by atoms with Gasteiger partial charge in [0, 0.05) is 5.56 Å². The summed E-state index contributed by atoms with van der Waals surface area (Å²) >= 11 is 0. The normalized spacial score (nSPS) is 11.5. The van der Waals surface area contributed by atoms with Crippen LogP contribution in [0.3, 0.4) is 0 Å². The predicted octanol–water partition coefficient (Wildman–Crippen LogP) is 4.21. The van der Waals surface area contributed by atoms with Crippen molar-refractivity contribution in [3.63, 3.8) is 0 Å². The van der Waals surface area contributed by atoms with Crippen LogP contribution in [-0.4, -0.2) is 80.8 Å². The molecule has 1 aromatic carbocycles. The smallest absolute Gasteiger partial charge is 0.407 e. The molecule has 0 bridgehead atoms. The summed E-state index contributed by atoms with van der Waals surface area (Å²) in [6.45, 7) is 16.1. The number of benzene rings is 1. The van der Waals surface area contributed by atoms with E-state index in [1.807, 2.05) is 0 Å². The van der Waals surface area contributed by atoms with E-state index in [0.29, 0.717) is 6.29 Å². The SMILES string of the molecule is CC(C)(C)OC(=O)NCCOc1cc(C=O)cc(OCCNC(=O)OC(C)(C)C)c1OCCNC(=O)OC(C)(C)C. The summed E-state index contributed by atoms with van der Waals surface area (Å²) in [5.41, 5.74) is -1.71. The van der Waals surface area contributed by atoms with Crippen LogP contribution < -0.4 is 30.2 Å². The molecule has 0 fully saturated rings. The molecule has 3 N–H and O–H groups in total. The molecule has 0 saturated carbocycles. The number of alkyl carbamates (subject to hydrolysis) is 3. The monoisotopic (exact) mass is 583 g/mol. The van der Waals surface area contributed by atoms with Crippen LogP contribution in [0, 0.1) is 0 Å². The lowest BCUT2D eigenvalue weighted by Crippen LogP contribution is -2.35. The van der Waals surface area contributed by atoms with Gasteiger partial charge in [0.05, 0.1) is 19.6 Å². The van der Waals surface area contributed by atoms with Gasteiger partial charge in [-0.15, -0.1) is 0 Å². The Bertz CT molecular complexity index is 966. The molecule has 3 amide bonds. The minimum absolute atomic E-state index is 0.0126. The minimum Gasteiger partial charge on any atom is -0.488 e. The highest BCUT2D eigenvalue weighted by atomic mass is 16.6. The van der Waals surface area contributed by atoms with E-state index in [2.05, 4.69) is 16.0 Å². The molecule has 0 aliphatic rings. The van der Waals surface area contributed by atoms with Crippen molar-refractivity contribution < 1.29 is 47.6 Å². The number of hydrogen-bond donors (Lipinski definition) is 3. The minimum atomic E-state index is -0.654. The Kier molecular flexibility index (Phi) is 13.5. The number of hydrogen-bond acceptors (Lipinski definition) is 10. The van der Waals surface area contributed by atoms with Crippen molar-refractivity contribution in [3.05, 3.63) is 17.7 Å². The van der Waals surface area contributed by atoms with Gasteiger partial charge in [0.2, 0.25) is 5.75 Å². The molecule has 0 aliphatic carbocycles. The molecule has 0 unspecified atom stereocenters. The highest BCUT2D eigenvalue weighted by molar-refractivity contribution is 5.78. The summed E-state index contributed by atoms with van der Waals surface area (Å²) in [6.07, 6.45) is -1.19. The van der Waals surface area contributed by atoms with Gasteiger partial charge in [0.15, 0.2) is 11.5 Å². The Morgan fingerprint density at radius 3 is 1.22 bits per heavy atom. The van der Waals surface area contributed by atoms with Gasteiger partial charge in [-0.1, -0.05) is 0 Å². The van der Waals surface area contributed by atoms with E-state index < -0.39 is 35.1 Å². The van der Waals surface area contributed by atoms with Crippen LogP contribution >= 0.6 is 0 Å². The van der Waals surface area contributed by atoms with E-state index in [4.69, 9.17) is 28.4 Å². The molecule has 232 valence electrons. The van der Waals surface area contributed by atoms with Crippen LogP contribution in [0.25, 0.3) is 0 Å². The van der Waals surface area contributed by atoms with Crippen molar-refractivity contribution in [2.75, 3.05) is 39.5 Å². The third-order valence-electron chi connectivity index (χ3n) is 4.25. The molecule has 1 aromatic rings. The van der Waals surface area contributed by atoms with Gasteiger partial charge in [-0.3, -0.25) is 4.79 Å². The molecule has 0 aliphatic heterocycles. The van der Waals surface area contributed by atoms with Gasteiger partial charge in [0.1, 0.15) is 42.9 Å². The maximum absolute atomic E-state index is 12.0. The first-order chi connectivity index (χ1) is 18.9. The highest BCUT2D eigenvalue weighted by Gasteiger charge is 2.20. The molecule has 41 heavy (non-hydrogen) atoms. The zero-order chi connectivity index (χ0) is 31.3. The molecule has 1 rings (SSSR count). The Morgan fingerprint density at radius 2 is 0.927 bits per heavy atom. The number of rotatable bonds is 13. The first-order valence-corrected chi connectivity index (χ1v) is 13.3. The summed E-state index contributed by atoms with van der Waals surface area (Å²) in [6, 6.07) is 2.92. The Hall–Kier alpha value is -3.90. The predicted molar refractivity (Wildman–Crippen MR) is 151 cm³/mol. The number of carbonyl (C=O) groups excluding carboxylic acids is 4.